The second-order valence-electron chi connectivity index (χ2n) is 13.2. The van der Waals surface area contributed by atoms with Crippen LogP contribution in [0.1, 0.15) is 66.0 Å². The van der Waals surface area contributed by atoms with Gasteiger partial charge in [0.1, 0.15) is 17.1 Å². The molecular formula is C36H41F3N6O3. The van der Waals surface area contributed by atoms with E-state index >= 15 is 0 Å². The lowest BCUT2D eigenvalue weighted by atomic mass is 9.88. The highest BCUT2D eigenvalue weighted by Crippen LogP contribution is 2.42. The van der Waals surface area contributed by atoms with Gasteiger partial charge in [-0.25, -0.2) is 9.78 Å². The van der Waals surface area contributed by atoms with E-state index in [1.54, 1.807) is 17.2 Å². The monoisotopic (exact) mass is 662 g/mol. The number of anilines is 1. The summed E-state index contributed by atoms with van der Waals surface area (Å²) in [5, 5.41) is 12.8. The molecule has 3 N–H and O–H groups in total. The number of piperazine rings is 1. The van der Waals surface area contributed by atoms with Crippen LogP contribution in [0, 0.1) is 0 Å². The molecule has 3 aliphatic rings. The second kappa shape index (κ2) is 13.4. The number of aliphatic hydroxyl groups excluding tert-OH is 1. The molecule has 1 saturated carbocycles. The normalized spacial score (nSPS) is 19.0. The van der Waals surface area contributed by atoms with E-state index in [1.807, 2.05) is 23.1 Å². The maximum atomic E-state index is 14.2. The van der Waals surface area contributed by atoms with Gasteiger partial charge >= 0.3 is 12.2 Å². The van der Waals surface area contributed by atoms with E-state index in [2.05, 4.69) is 39.2 Å². The summed E-state index contributed by atoms with van der Waals surface area (Å²) in [6, 6.07) is 13.5. The first-order valence-corrected chi connectivity index (χ1v) is 16.8. The van der Waals surface area contributed by atoms with Crippen LogP contribution in [0.3, 0.4) is 0 Å². The molecule has 0 spiro atoms. The number of amides is 2. The number of benzene rings is 2. The van der Waals surface area contributed by atoms with Crippen LogP contribution in [0.15, 0.2) is 54.7 Å². The topological polar surface area (TPSA) is 97.0 Å². The molecule has 1 saturated heterocycles. The molecule has 2 amide bonds. The molecule has 1 aliphatic carbocycles. The van der Waals surface area contributed by atoms with Gasteiger partial charge in [-0.05, 0) is 78.3 Å². The molecule has 12 heteroatoms. The number of pyridine rings is 1. The first kappa shape index (κ1) is 32.4. The molecule has 4 aromatic rings. The molecule has 0 radical (unpaired) electrons. The van der Waals surface area contributed by atoms with E-state index in [0.717, 1.165) is 34.6 Å². The third kappa shape index (κ3) is 7.01. The van der Waals surface area contributed by atoms with Crippen LogP contribution in [0.4, 0.5) is 23.7 Å². The van der Waals surface area contributed by atoms with Crippen LogP contribution in [-0.4, -0.2) is 81.7 Å². The summed E-state index contributed by atoms with van der Waals surface area (Å²) in [5.41, 5.74) is 3.61. The SMILES string of the molecule is CC[C@H]1CN(C(=O)Nc2ccc(CN3CCN(CCO)CC3)c(C(F)(F)F)c2)Cc2cc(Oc3ccnc4[nH]c(C5CC5)cc34)ccc21. The molecule has 9 nitrogen and oxygen atoms in total. The van der Waals surface area contributed by atoms with Crippen LogP contribution < -0.4 is 10.1 Å². The summed E-state index contributed by atoms with van der Waals surface area (Å²) in [4.78, 5) is 27.2. The summed E-state index contributed by atoms with van der Waals surface area (Å²) in [7, 11) is 0. The lowest BCUT2D eigenvalue weighted by molar-refractivity contribution is -0.138. The Labute approximate surface area is 277 Å². The maximum Gasteiger partial charge on any atom is 0.416 e. The standard InChI is InChI=1S/C36H41F3N6O3/c1-2-23-21-45(22-26-17-28(7-8-29(23)26)48-33-9-10-40-34-30(33)19-32(42-34)24-3-4-24)35(47)41-27-6-5-25(31(18-27)36(37,38)39)20-44-13-11-43(12-14-44)15-16-46/h5-10,17-19,23-24,46H,2-4,11-16,20-22H2,1H3,(H,40,42)(H,41,47)/t23-/m0/s1. The number of nitrogens with zero attached hydrogens (tertiary/aromatic N) is 4. The fourth-order valence-corrected chi connectivity index (χ4v) is 6.98. The van der Waals surface area contributed by atoms with Crippen molar-refractivity contribution in [1.29, 1.82) is 0 Å². The molecule has 2 aliphatic heterocycles. The van der Waals surface area contributed by atoms with Crippen molar-refractivity contribution in [2.24, 2.45) is 0 Å². The Balaban J connectivity index is 1.05. The van der Waals surface area contributed by atoms with E-state index in [4.69, 9.17) is 9.84 Å². The predicted molar refractivity (Wildman–Crippen MR) is 177 cm³/mol. The Morgan fingerprint density at radius 3 is 2.58 bits per heavy atom. The number of aromatic nitrogens is 2. The van der Waals surface area contributed by atoms with E-state index in [0.29, 0.717) is 63.2 Å². The number of hydrogen-bond donors (Lipinski definition) is 3. The van der Waals surface area contributed by atoms with Gasteiger partial charge in [-0.15, -0.1) is 0 Å². The highest BCUT2D eigenvalue weighted by molar-refractivity contribution is 5.90. The number of halogens is 3. The molecule has 2 aromatic heterocycles. The molecule has 2 aromatic carbocycles. The minimum atomic E-state index is -4.57. The van der Waals surface area contributed by atoms with Crippen LogP contribution in [0.25, 0.3) is 11.0 Å². The quantitative estimate of drug-likeness (QED) is 0.181. The van der Waals surface area contributed by atoms with Crippen LogP contribution >= 0.6 is 0 Å². The Kier molecular flexibility index (Phi) is 9.06. The van der Waals surface area contributed by atoms with Gasteiger partial charge in [0.25, 0.3) is 0 Å². The summed E-state index contributed by atoms with van der Waals surface area (Å²) in [6.07, 6.45) is 0.312. The average Bonchev–Trinajstić information content (AvgIpc) is 3.83. The van der Waals surface area contributed by atoms with Gasteiger partial charge in [-0.3, -0.25) is 9.80 Å². The lowest BCUT2D eigenvalue weighted by Crippen LogP contribution is -2.46. The van der Waals surface area contributed by atoms with E-state index in [1.165, 1.54) is 24.6 Å². The van der Waals surface area contributed by atoms with E-state index in [9.17, 15) is 18.0 Å². The number of nitrogens with one attached hydrogen (secondary N) is 2. The number of rotatable bonds is 9. The Bertz CT molecular complexity index is 1780. The number of aliphatic hydroxyl groups is 1. The molecule has 0 bridgehead atoms. The van der Waals surface area contributed by atoms with E-state index in [-0.39, 0.29) is 30.3 Å². The first-order valence-electron chi connectivity index (χ1n) is 16.8. The van der Waals surface area contributed by atoms with Gasteiger partial charge in [-0.2, -0.15) is 13.2 Å². The van der Waals surface area contributed by atoms with Crippen LogP contribution in [0.5, 0.6) is 11.5 Å². The van der Waals surface area contributed by atoms with Gasteiger partial charge in [0.15, 0.2) is 0 Å². The zero-order valence-electron chi connectivity index (χ0n) is 27.0. The van der Waals surface area contributed by atoms with E-state index < -0.39 is 17.8 Å². The number of urea groups is 1. The minimum Gasteiger partial charge on any atom is -0.457 e. The smallest absolute Gasteiger partial charge is 0.416 e. The van der Waals surface area contributed by atoms with Crippen molar-refractivity contribution < 1.29 is 27.8 Å². The summed E-state index contributed by atoms with van der Waals surface area (Å²) >= 11 is 0. The molecule has 4 heterocycles. The average molecular weight is 663 g/mol. The maximum absolute atomic E-state index is 14.2. The Morgan fingerprint density at radius 2 is 1.85 bits per heavy atom. The molecule has 254 valence electrons. The first-order chi connectivity index (χ1) is 23.2. The number of β-amino-alcohol motifs (C(OH)–C–C–N with tert-alkyl or cyclic N) is 1. The largest absolute Gasteiger partial charge is 0.457 e. The summed E-state index contributed by atoms with van der Waals surface area (Å²) < 4.78 is 49.0. The number of carbonyl (C=O) groups is 1. The van der Waals surface area contributed by atoms with Crippen molar-refractivity contribution in [3.63, 3.8) is 0 Å². The van der Waals surface area contributed by atoms with Crippen molar-refractivity contribution in [3.8, 4) is 11.5 Å². The molecule has 2 fully saturated rings. The minimum absolute atomic E-state index is 0.0642. The highest BCUT2D eigenvalue weighted by atomic mass is 19.4. The number of H-pyrrole nitrogens is 1. The van der Waals surface area contributed by atoms with Crippen molar-refractivity contribution in [2.75, 3.05) is 51.2 Å². The van der Waals surface area contributed by atoms with Gasteiger partial charge in [-0.1, -0.05) is 19.1 Å². The number of fused-ring (bicyclic) bond motifs is 2. The van der Waals surface area contributed by atoms with Crippen molar-refractivity contribution in [2.45, 2.75) is 57.3 Å². The highest BCUT2D eigenvalue weighted by Gasteiger charge is 2.35. The van der Waals surface area contributed by atoms with Gasteiger partial charge in [0, 0.05) is 75.9 Å². The van der Waals surface area contributed by atoms with Crippen LogP contribution in [0.2, 0.25) is 0 Å². The number of aromatic amines is 1. The van der Waals surface area contributed by atoms with Gasteiger partial charge in [0.05, 0.1) is 17.6 Å². The molecule has 0 unspecified atom stereocenters. The van der Waals surface area contributed by atoms with Gasteiger partial charge in [0.2, 0.25) is 0 Å². The third-order valence-electron chi connectivity index (χ3n) is 9.84. The Hall–Kier alpha value is -4.13. The zero-order valence-corrected chi connectivity index (χ0v) is 27.0. The van der Waals surface area contributed by atoms with Crippen molar-refractivity contribution in [3.05, 3.63) is 82.7 Å². The zero-order chi connectivity index (χ0) is 33.4. The number of alkyl halides is 3. The second-order valence-corrected chi connectivity index (χ2v) is 13.2. The predicted octanol–water partition coefficient (Wildman–Crippen LogP) is 6.90. The van der Waals surface area contributed by atoms with Crippen molar-refractivity contribution >= 4 is 22.8 Å². The Morgan fingerprint density at radius 1 is 1.06 bits per heavy atom. The fraction of sp³-hybridized carbons (Fsp3) is 0.444. The molecule has 48 heavy (non-hydrogen) atoms. The van der Waals surface area contributed by atoms with Crippen LogP contribution in [-0.2, 0) is 19.3 Å². The molecule has 7 rings (SSSR count). The fourth-order valence-electron chi connectivity index (χ4n) is 6.98. The summed E-state index contributed by atoms with van der Waals surface area (Å²) in [6.45, 7) is 6.27. The number of ether oxygens (including phenoxy) is 1. The summed E-state index contributed by atoms with van der Waals surface area (Å²) in [5.74, 6) is 1.99. The van der Waals surface area contributed by atoms with Crippen molar-refractivity contribution in [1.82, 2.24) is 24.7 Å². The number of hydrogen-bond acceptors (Lipinski definition) is 6. The third-order valence-corrected chi connectivity index (χ3v) is 9.84. The molecule has 1 atom stereocenters. The number of carbonyl (C=O) groups excluding carboxylic acids is 1. The van der Waals surface area contributed by atoms with Gasteiger partial charge < -0.3 is 25.0 Å². The molecular weight excluding hydrogens is 621 g/mol. The lowest BCUT2D eigenvalue weighted by Gasteiger charge is -2.35.